The van der Waals surface area contributed by atoms with Crippen LogP contribution in [0.2, 0.25) is 5.02 Å². The van der Waals surface area contributed by atoms with Gasteiger partial charge >= 0.3 is 0 Å². The molecule has 0 spiro atoms. The molecule has 0 fully saturated rings. The Balaban J connectivity index is 2.19. The van der Waals surface area contributed by atoms with Gasteiger partial charge in [0.1, 0.15) is 5.82 Å². The van der Waals surface area contributed by atoms with E-state index in [2.05, 4.69) is 10.6 Å². The summed E-state index contributed by atoms with van der Waals surface area (Å²) in [6, 6.07) is 4.82. The maximum absolute atomic E-state index is 12.9. The average molecular weight is 245 g/mol. The summed E-state index contributed by atoms with van der Waals surface area (Å²) in [6.45, 7) is 2.75. The molecule has 0 aliphatic carbocycles. The third-order valence-corrected chi connectivity index (χ3v) is 2.63. The van der Waals surface area contributed by atoms with Gasteiger partial charge in [-0.15, -0.1) is 0 Å². The van der Waals surface area contributed by atoms with Crippen molar-refractivity contribution in [1.29, 1.82) is 0 Å². The van der Waals surface area contributed by atoms with Gasteiger partial charge in [-0.1, -0.05) is 17.7 Å². The first-order valence-electron chi connectivity index (χ1n) is 5.53. The highest BCUT2D eigenvalue weighted by molar-refractivity contribution is 6.30. The largest absolute Gasteiger partial charge is 0.320 e. The molecule has 1 aromatic rings. The molecule has 0 aliphatic rings. The highest BCUT2D eigenvalue weighted by atomic mass is 35.5. The van der Waals surface area contributed by atoms with Crippen molar-refractivity contribution in [3.05, 3.63) is 34.6 Å². The molecule has 1 rings (SSSR count). The van der Waals surface area contributed by atoms with Gasteiger partial charge < -0.3 is 10.6 Å². The van der Waals surface area contributed by atoms with Gasteiger partial charge in [-0.2, -0.15) is 0 Å². The van der Waals surface area contributed by atoms with Crippen molar-refractivity contribution >= 4 is 11.6 Å². The summed E-state index contributed by atoms with van der Waals surface area (Å²) in [5.41, 5.74) is 1.01. The number of benzene rings is 1. The van der Waals surface area contributed by atoms with Crippen molar-refractivity contribution < 1.29 is 4.39 Å². The first-order chi connectivity index (χ1) is 7.74. The Morgan fingerprint density at radius 2 is 2.00 bits per heavy atom. The fraction of sp³-hybridized carbons (Fsp3) is 0.500. The first-order valence-corrected chi connectivity index (χ1v) is 5.91. The Morgan fingerprint density at radius 3 is 2.69 bits per heavy atom. The molecule has 0 atom stereocenters. The van der Waals surface area contributed by atoms with Gasteiger partial charge in [0.05, 0.1) is 5.02 Å². The summed E-state index contributed by atoms with van der Waals surface area (Å²) < 4.78 is 12.9. The van der Waals surface area contributed by atoms with Gasteiger partial charge in [-0.3, -0.25) is 0 Å². The molecular formula is C12H18ClFN2. The van der Waals surface area contributed by atoms with Crippen molar-refractivity contribution in [2.45, 2.75) is 19.4 Å². The van der Waals surface area contributed by atoms with Crippen LogP contribution in [0.5, 0.6) is 0 Å². The molecule has 0 radical (unpaired) electrons. The second-order valence-electron chi connectivity index (χ2n) is 3.74. The first kappa shape index (κ1) is 13.4. The monoisotopic (exact) mass is 244 g/mol. The van der Waals surface area contributed by atoms with E-state index in [1.54, 1.807) is 12.1 Å². The molecule has 2 N–H and O–H groups in total. The molecule has 0 saturated carbocycles. The minimum absolute atomic E-state index is 0.189. The smallest absolute Gasteiger partial charge is 0.141 e. The lowest BCUT2D eigenvalue weighted by molar-refractivity contribution is 0.602. The zero-order chi connectivity index (χ0) is 11.8. The van der Waals surface area contributed by atoms with Crippen LogP contribution in [0.1, 0.15) is 18.4 Å². The summed E-state index contributed by atoms with van der Waals surface area (Å²) in [5, 5.41) is 6.59. The van der Waals surface area contributed by atoms with E-state index in [9.17, 15) is 4.39 Å². The number of hydrogen-bond donors (Lipinski definition) is 2. The second-order valence-corrected chi connectivity index (χ2v) is 4.14. The standard InChI is InChI=1S/C12H18ClFN2/c1-15-6-2-3-7-16-9-10-4-5-12(14)11(13)8-10/h4-5,8,15-16H,2-3,6-7,9H2,1H3. The van der Waals surface area contributed by atoms with Crippen molar-refractivity contribution in [3.63, 3.8) is 0 Å². The summed E-state index contributed by atoms with van der Waals surface area (Å²) in [4.78, 5) is 0. The lowest BCUT2D eigenvalue weighted by Gasteiger charge is -2.05. The SMILES string of the molecule is CNCCCCNCc1ccc(F)c(Cl)c1. The molecule has 2 nitrogen and oxygen atoms in total. The van der Waals surface area contributed by atoms with Crippen molar-refractivity contribution in [1.82, 2.24) is 10.6 Å². The zero-order valence-electron chi connectivity index (χ0n) is 9.52. The molecular weight excluding hydrogens is 227 g/mol. The van der Waals surface area contributed by atoms with E-state index in [1.165, 1.54) is 6.07 Å². The van der Waals surface area contributed by atoms with E-state index in [1.807, 2.05) is 7.05 Å². The average Bonchev–Trinajstić information content (AvgIpc) is 2.28. The minimum atomic E-state index is -0.362. The van der Waals surface area contributed by atoms with Crippen LogP contribution < -0.4 is 10.6 Å². The molecule has 0 saturated heterocycles. The van der Waals surface area contributed by atoms with Gasteiger partial charge in [0.2, 0.25) is 0 Å². The van der Waals surface area contributed by atoms with E-state index >= 15 is 0 Å². The van der Waals surface area contributed by atoms with Crippen molar-refractivity contribution in [3.8, 4) is 0 Å². The Hall–Kier alpha value is -0.640. The molecule has 0 aromatic heterocycles. The van der Waals surface area contributed by atoms with E-state index in [-0.39, 0.29) is 10.8 Å². The molecule has 16 heavy (non-hydrogen) atoms. The van der Waals surface area contributed by atoms with E-state index in [0.717, 1.165) is 38.0 Å². The highest BCUT2D eigenvalue weighted by Gasteiger charge is 2.00. The maximum atomic E-state index is 12.9. The lowest BCUT2D eigenvalue weighted by Crippen LogP contribution is -2.16. The highest BCUT2D eigenvalue weighted by Crippen LogP contribution is 2.15. The van der Waals surface area contributed by atoms with Crippen LogP contribution in [0.25, 0.3) is 0 Å². The third kappa shape index (κ3) is 4.92. The topological polar surface area (TPSA) is 24.1 Å². The third-order valence-electron chi connectivity index (χ3n) is 2.34. The van der Waals surface area contributed by atoms with Crippen LogP contribution in [-0.4, -0.2) is 20.1 Å². The number of hydrogen-bond acceptors (Lipinski definition) is 2. The molecule has 90 valence electrons. The molecule has 0 amide bonds. The fourth-order valence-corrected chi connectivity index (χ4v) is 1.64. The second kappa shape index (κ2) is 7.60. The van der Waals surface area contributed by atoms with Crippen LogP contribution in [0.3, 0.4) is 0 Å². The summed E-state index contributed by atoms with van der Waals surface area (Å²) >= 11 is 5.68. The van der Waals surface area contributed by atoms with Crippen LogP contribution in [-0.2, 0) is 6.54 Å². The van der Waals surface area contributed by atoms with Crippen LogP contribution in [0.4, 0.5) is 4.39 Å². The quantitative estimate of drug-likeness (QED) is 0.721. The molecule has 0 aliphatic heterocycles. The Morgan fingerprint density at radius 1 is 1.25 bits per heavy atom. The fourth-order valence-electron chi connectivity index (χ4n) is 1.43. The summed E-state index contributed by atoms with van der Waals surface area (Å²) in [6.07, 6.45) is 2.30. The molecule has 0 heterocycles. The maximum Gasteiger partial charge on any atom is 0.141 e. The zero-order valence-corrected chi connectivity index (χ0v) is 10.3. The normalized spacial score (nSPS) is 10.7. The molecule has 1 aromatic carbocycles. The number of unbranched alkanes of at least 4 members (excludes halogenated alkanes) is 1. The van der Waals surface area contributed by atoms with Crippen molar-refractivity contribution in [2.75, 3.05) is 20.1 Å². The number of nitrogens with one attached hydrogen (secondary N) is 2. The predicted octanol–water partition coefficient (Wildman–Crippen LogP) is 2.57. The van der Waals surface area contributed by atoms with Crippen LogP contribution in [0, 0.1) is 5.82 Å². The van der Waals surface area contributed by atoms with Gasteiger partial charge in [0.25, 0.3) is 0 Å². The minimum Gasteiger partial charge on any atom is -0.320 e. The Labute approximate surface area is 101 Å². The Kier molecular flexibility index (Phi) is 6.38. The summed E-state index contributed by atoms with van der Waals surface area (Å²) in [5.74, 6) is -0.362. The van der Waals surface area contributed by atoms with Gasteiger partial charge in [-0.25, -0.2) is 4.39 Å². The van der Waals surface area contributed by atoms with Crippen LogP contribution >= 0.6 is 11.6 Å². The van der Waals surface area contributed by atoms with E-state index in [4.69, 9.17) is 11.6 Å². The van der Waals surface area contributed by atoms with Crippen LogP contribution in [0.15, 0.2) is 18.2 Å². The lowest BCUT2D eigenvalue weighted by atomic mass is 10.2. The van der Waals surface area contributed by atoms with Gasteiger partial charge in [0, 0.05) is 6.54 Å². The molecule has 4 heteroatoms. The van der Waals surface area contributed by atoms with Gasteiger partial charge in [-0.05, 0) is 50.7 Å². The predicted molar refractivity (Wildman–Crippen MR) is 66.3 cm³/mol. The molecule has 0 unspecified atom stereocenters. The number of halogens is 2. The van der Waals surface area contributed by atoms with Crippen molar-refractivity contribution in [2.24, 2.45) is 0 Å². The molecule has 0 bridgehead atoms. The summed E-state index contributed by atoms with van der Waals surface area (Å²) in [7, 11) is 1.95. The Bertz CT molecular complexity index is 318. The van der Waals surface area contributed by atoms with Gasteiger partial charge in [0.15, 0.2) is 0 Å². The number of rotatable bonds is 7. The van der Waals surface area contributed by atoms with E-state index in [0.29, 0.717) is 0 Å². The van der Waals surface area contributed by atoms with E-state index < -0.39 is 0 Å².